The smallest absolute Gasteiger partial charge is 0.354 e. The summed E-state index contributed by atoms with van der Waals surface area (Å²) in [7, 11) is 0. The summed E-state index contributed by atoms with van der Waals surface area (Å²) in [6.07, 6.45) is 2.67. The van der Waals surface area contributed by atoms with Crippen LogP contribution in [0, 0.1) is 0 Å². The third-order valence-electron chi connectivity index (χ3n) is 4.52. The van der Waals surface area contributed by atoms with E-state index in [1.54, 1.807) is 10.8 Å². The summed E-state index contributed by atoms with van der Waals surface area (Å²) >= 11 is 4.58. The highest BCUT2D eigenvalue weighted by Gasteiger charge is 2.18. The molecule has 0 unspecified atom stereocenters. The molecule has 0 radical (unpaired) electrons. The van der Waals surface area contributed by atoms with E-state index in [-0.39, 0.29) is 16.4 Å². The van der Waals surface area contributed by atoms with Gasteiger partial charge in [-0.25, -0.2) is 4.79 Å². The second kappa shape index (κ2) is 8.71. The van der Waals surface area contributed by atoms with Gasteiger partial charge in [0.2, 0.25) is 0 Å². The molecule has 0 aliphatic carbocycles. The van der Waals surface area contributed by atoms with Gasteiger partial charge in [0.25, 0.3) is 0 Å². The zero-order valence-electron chi connectivity index (χ0n) is 16.6. The number of guanidine groups is 1. The van der Waals surface area contributed by atoms with Crippen LogP contribution in [-0.2, 0) is 11.3 Å². The normalized spacial score (nSPS) is 11.7. The Balaban J connectivity index is 1.69. The van der Waals surface area contributed by atoms with Gasteiger partial charge in [-0.3, -0.25) is 9.56 Å². The second-order valence-corrected chi connectivity index (χ2v) is 8.56. The Hall–Kier alpha value is -2.78. The maximum Gasteiger partial charge on any atom is 0.354 e. The van der Waals surface area contributed by atoms with E-state index in [9.17, 15) is 4.79 Å². The molecule has 3 rings (SSSR count). The molecule has 2 heterocycles. The van der Waals surface area contributed by atoms with Gasteiger partial charge < -0.3 is 21.8 Å². The number of benzene rings is 1. The van der Waals surface area contributed by atoms with Crippen LogP contribution in [0.3, 0.4) is 0 Å². The van der Waals surface area contributed by atoms with Crippen LogP contribution in [0.25, 0.3) is 16.7 Å². The first-order chi connectivity index (χ1) is 13.7. The van der Waals surface area contributed by atoms with E-state index in [2.05, 4.69) is 32.9 Å². The van der Waals surface area contributed by atoms with Gasteiger partial charge in [0, 0.05) is 35.1 Å². The largest absolute Gasteiger partial charge is 0.370 e. The quantitative estimate of drug-likeness (QED) is 0.166. The first-order valence-corrected chi connectivity index (χ1v) is 9.89. The van der Waals surface area contributed by atoms with Crippen LogP contribution in [0.1, 0.15) is 31.5 Å². The fraction of sp³-hybridized carbons (Fsp3) is 0.350. The first kappa shape index (κ1) is 20.9. The number of aromatic amines is 1. The minimum atomic E-state index is -0.341. The van der Waals surface area contributed by atoms with E-state index in [0.717, 1.165) is 41.8 Å². The zero-order chi connectivity index (χ0) is 21.0. The van der Waals surface area contributed by atoms with Crippen LogP contribution in [-0.4, -0.2) is 33.6 Å². The molecule has 0 saturated carbocycles. The van der Waals surface area contributed by atoms with E-state index >= 15 is 0 Å². The lowest BCUT2D eigenvalue weighted by Gasteiger charge is -2.14. The lowest BCUT2D eigenvalue weighted by molar-refractivity contribution is 0.655. The van der Waals surface area contributed by atoms with Crippen LogP contribution < -0.4 is 22.5 Å². The van der Waals surface area contributed by atoms with Crippen molar-refractivity contribution >= 4 is 29.6 Å². The van der Waals surface area contributed by atoms with Crippen molar-refractivity contribution in [2.45, 2.75) is 31.6 Å². The molecular weight excluding hydrogens is 386 g/mol. The van der Waals surface area contributed by atoms with Crippen molar-refractivity contribution in [1.82, 2.24) is 19.9 Å². The van der Waals surface area contributed by atoms with Crippen molar-refractivity contribution in [2.24, 2.45) is 16.5 Å². The van der Waals surface area contributed by atoms with Crippen LogP contribution in [0.15, 0.2) is 46.3 Å². The van der Waals surface area contributed by atoms with Crippen LogP contribution >= 0.6 is 12.6 Å². The number of nitrogens with zero attached hydrogens (tertiary/aromatic N) is 3. The standard InChI is InChI=1S/C20H27N7OS/c1-20(2,29)16-10-14-12-27(19(28)26-17(14)25-16)15-6-4-13(5-7-15)11-23-8-3-9-24-18(21)22/h4-7,10,12,23,29H,3,8-9,11H2,1-2H3,(H4,21,22,24)(H,25,26,28). The minimum Gasteiger partial charge on any atom is -0.370 e. The Kier molecular flexibility index (Phi) is 6.29. The molecule has 0 aliphatic heterocycles. The molecule has 0 spiro atoms. The molecule has 0 amide bonds. The van der Waals surface area contributed by atoms with Crippen molar-refractivity contribution in [3.63, 3.8) is 0 Å². The van der Waals surface area contributed by atoms with E-state index in [4.69, 9.17) is 11.5 Å². The van der Waals surface area contributed by atoms with Gasteiger partial charge >= 0.3 is 5.69 Å². The average molecular weight is 414 g/mol. The highest BCUT2D eigenvalue weighted by Crippen LogP contribution is 2.28. The second-order valence-electron chi connectivity index (χ2n) is 7.44. The van der Waals surface area contributed by atoms with Crippen molar-refractivity contribution in [3.05, 3.63) is 58.3 Å². The van der Waals surface area contributed by atoms with Gasteiger partial charge in [0.15, 0.2) is 5.96 Å². The first-order valence-electron chi connectivity index (χ1n) is 9.45. The molecule has 3 aromatic rings. The summed E-state index contributed by atoms with van der Waals surface area (Å²) in [4.78, 5) is 23.8. The summed E-state index contributed by atoms with van der Waals surface area (Å²) in [6.45, 7) is 6.13. The SMILES string of the molecule is CC(C)(S)c1cc2cn(-c3ccc(CNCCCN=C(N)N)cc3)c(=O)nc2[nH]1. The number of thiol groups is 1. The third kappa shape index (κ3) is 5.39. The number of nitrogens with one attached hydrogen (secondary N) is 2. The molecule has 9 heteroatoms. The number of hydrogen-bond acceptors (Lipinski definition) is 5. The summed E-state index contributed by atoms with van der Waals surface area (Å²) in [5.41, 5.74) is 13.7. The Bertz CT molecular complexity index is 1060. The predicted octanol–water partition coefficient (Wildman–Crippen LogP) is 1.63. The maximum absolute atomic E-state index is 12.5. The Morgan fingerprint density at radius 2 is 2.03 bits per heavy atom. The average Bonchev–Trinajstić information content (AvgIpc) is 3.07. The van der Waals surface area contributed by atoms with Crippen molar-refractivity contribution in [2.75, 3.05) is 13.1 Å². The number of nitrogens with two attached hydrogens (primary N) is 2. The predicted molar refractivity (Wildman–Crippen MR) is 121 cm³/mol. The Morgan fingerprint density at radius 3 is 2.69 bits per heavy atom. The molecule has 0 bridgehead atoms. The lowest BCUT2D eigenvalue weighted by atomic mass is 10.1. The molecule has 1 aromatic carbocycles. The molecule has 8 nitrogen and oxygen atoms in total. The monoisotopic (exact) mass is 413 g/mol. The molecule has 0 atom stereocenters. The molecule has 29 heavy (non-hydrogen) atoms. The van der Waals surface area contributed by atoms with Gasteiger partial charge in [0.05, 0.1) is 5.69 Å². The highest BCUT2D eigenvalue weighted by atomic mass is 32.1. The van der Waals surface area contributed by atoms with Crippen molar-refractivity contribution in [3.8, 4) is 5.69 Å². The van der Waals surface area contributed by atoms with Gasteiger partial charge in [-0.15, -0.1) is 0 Å². The minimum absolute atomic E-state index is 0.119. The summed E-state index contributed by atoms with van der Waals surface area (Å²) in [5.74, 6) is 0.119. The van der Waals surface area contributed by atoms with Gasteiger partial charge in [0.1, 0.15) is 5.65 Å². The molecule has 2 aromatic heterocycles. The maximum atomic E-state index is 12.5. The van der Waals surface area contributed by atoms with Crippen molar-refractivity contribution < 1.29 is 0 Å². The number of rotatable bonds is 8. The Morgan fingerprint density at radius 1 is 1.31 bits per heavy atom. The summed E-state index contributed by atoms with van der Waals surface area (Å²) in [5, 5.41) is 4.21. The summed E-state index contributed by atoms with van der Waals surface area (Å²) < 4.78 is 1.21. The third-order valence-corrected chi connectivity index (χ3v) is 4.76. The zero-order valence-corrected chi connectivity index (χ0v) is 17.5. The molecule has 154 valence electrons. The Labute approximate surface area is 174 Å². The molecule has 0 saturated heterocycles. The van der Waals surface area contributed by atoms with Crippen LogP contribution in [0.5, 0.6) is 0 Å². The number of hydrogen-bond donors (Lipinski definition) is 5. The molecule has 0 aliphatic rings. The molecule has 0 fully saturated rings. The van der Waals surface area contributed by atoms with Crippen LogP contribution in [0.4, 0.5) is 0 Å². The summed E-state index contributed by atoms with van der Waals surface area (Å²) in [6, 6.07) is 9.80. The number of aliphatic imine (C=N–C) groups is 1. The fourth-order valence-electron chi connectivity index (χ4n) is 2.93. The van der Waals surface area contributed by atoms with E-state index in [1.165, 1.54) is 0 Å². The van der Waals surface area contributed by atoms with Gasteiger partial charge in [-0.2, -0.15) is 17.6 Å². The van der Waals surface area contributed by atoms with E-state index in [0.29, 0.717) is 12.2 Å². The number of aromatic nitrogens is 3. The van der Waals surface area contributed by atoms with Gasteiger partial charge in [-0.1, -0.05) is 12.1 Å². The van der Waals surface area contributed by atoms with E-state index < -0.39 is 0 Å². The number of fused-ring (bicyclic) bond motifs is 1. The highest BCUT2D eigenvalue weighted by molar-refractivity contribution is 7.81. The lowest BCUT2D eigenvalue weighted by Crippen LogP contribution is -2.23. The van der Waals surface area contributed by atoms with Crippen LogP contribution in [0.2, 0.25) is 0 Å². The van der Waals surface area contributed by atoms with Gasteiger partial charge in [-0.05, 0) is 50.6 Å². The molecule has 6 N–H and O–H groups in total. The van der Waals surface area contributed by atoms with Crippen molar-refractivity contribution in [1.29, 1.82) is 0 Å². The van der Waals surface area contributed by atoms with E-state index in [1.807, 2.05) is 44.2 Å². The fourth-order valence-corrected chi connectivity index (χ4v) is 3.05. The topological polar surface area (TPSA) is 127 Å². The number of H-pyrrole nitrogens is 1. The molecular formula is C20H27N7OS.